The highest BCUT2D eigenvalue weighted by atomic mass is 19.1. The van der Waals surface area contributed by atoms with Gasteiger partial charge in [-0.3, -0.25) is 14.9 Å². The molecule has 1 aromatic rings. The zero-order valence-corrected chi connectivity index (χ0v) is 18.5. The number of nitrogens with one attached hydrogen (secondary N) is 2. The first-order valence-corrected chi connectivity index (χ1v) is 9.82. The number of carbonyl (C=O) groups excluding carboxylic acids is 4. The summed E-state index contributed by atoms with van der Waals surface area (Å²) >= 11 is 0. The van der Waals surface area contributed by atoms with Gasteiger partial charge in [0.05, 0.1) is 5.69 Å². The van der Waals surface area contributed by atoms with Gasteiger partial charge in [-0.05, 0) is 66.2 Å². The molecule has 0 aromatic heterocycles. The molecule has 2 rings (SSSR count). The lowest BCUT2D eigenvalue weighted by atomic mass is 10.1. The summed E-state index contributed by atoms with van der Waals surface area (Å²) in [6.07, 6.45) is -1.82. The summed E-state index contributed by atoms with van der Waals surface area (Å²) in [6.45, 7) is 9.64. The number of hydrogen-bond donors (Lipinski definition) is 2. The first-order chi connectivity index (χ1) is 14.2. The van der Waals surface area contributed by atoms with Gasteiger partial charge in [0.25, 0.3) is 0 Å². The van der Waals surface area contributed by atoms with Crippen molar-refractivity contribution in [2.24, 2.45) is 0 Å². The number of imide groups is 2. The molecule has 31 heavy (non-hydrogen) atoms. The van der Waals surface area contributed by atoms with Crippen LogP contribution >= 0.6 is 0 Å². The number of rotatable bonds is 3. The van der Waals surface area contributed by atoms with Crippen LogP contribution in [0.3, 0.4) is 0 Å². The Kier molecular flexibility index (Phi) is 6.93. The lowest BCUT2D eigenvalue weighted by molar-refractivity contribution is -0.133. The molecule has 1 fully saturated rings. The van der Waals surface area contributed by atoms with E-state index in [1.807, 2.05) is 0 Å². The van der Waals surface area contributed by atoms with Crippen LogP contribution < -0.4 is 15.5 Å². The van der Waals surface area contributed by atoms with Gasteiger partial charge < -0.3 is 14.8 Å². The molecule has 1 saturated heterocycles. The molecule has 0 radical (unpaired) electrons. The van der Waals surface area contributed by atoms with E-state index in [2.05, 4.69) is 10.6 Å². The maximum Gasteiger partial charge on any atom is 0.424 e. The molecule has 9 nitrogen and oxygen atoms in total. The quantitative estimate of drug-likeness (QED) is 0.693. The average molecular weight is 437 g/mol. The van der Waals surface area contributed by atoms with Crippen molar-refractivity contribution in [3.05, 3.63) is 24.0 Å². The molecule has 0 aliphatic carbocycles. The van der Waals surface area contributed by atoms with E-state index in [-0.39, 0.29) is 24.4 Å². The number of anilines is 2. The zero-order chi connectivity index (χ0) is 23.6. The Morgan fingerprint density at radius 2 is 1.61 bits per heavy atom. The van der Waals surface area contributed by atoms with Crippen molar-refractivity contribution in [3.8, 4) is 0 Å². The Hall–Kier alpha value is -3.17. The molecular weight excluding hydrogens is 409 g/mol. The van der Waals surface area contributed by atoms with Crippen LogP contribution in [0.1, 0.15) is 54.4 Å². The molecule has 1 atom stereocenters. The second-order valence-electron chi connectivity index (χ2n) is 9.11. The second kappa shape index (κ2) is 8.91. The summed E-state index contributed by atoms with van der Waals surface area (Å²) in [5.74, 6) is -1.76. The number of amides is 4. The van der Waals surface area contributed by atoms with Crippen LogP contribution in [-0.2, 0) is 19.1 Å². The van der Waals surface area contributed by atoms with Crippen LogP contribution in [0.5, 0.6) is 0 Å². The maximum atomic E-state index is 14.7. The van der Waals surface area contributed by atoms with Gasteiger partial charge in [0.1, 0.15) is 23.1 Å². The van der Waals surface area contributed by atoms with Crippen molar-refractivity contribution >= 4 is 35.4 Å². The minimum atomic E-state index is -1.11. The number of carbonyl (C=O) groups is 4. The van der Waals surface area contributed by atoms with Crippen LogP contribution in [0.25, 0.3) is 0 Å². The largest absolute Gasteiger partial charge is 0.443 e. The molecule has 0 spiro atoms. The van der Waals surface area contributed by atoms with Gasteiger partial charge >= 0.3 is 12.2 Å². The van der Waals surface area contributed by atoms with Gasteiger partial charge in [-0.1, -0.05) is 0 Å². The number of piperidine rings is 1. The molecule has 4 amide bonds. The van der Waals surface area contributed by atoms with Crippen LogP contribution in [0.2, 0.25) is 0 Å². The van der Waals surface area contributed by atoms with E-state index in [0.717, 1.165) is 6.07 Å². The van der Waals surface area contributed by atoms with E-state index in [1.165, 1.54) is 12.1 Å². The minimum Gasteiger partial charge on any atom is -0.443 e. The highest BCUT2D eigenvalue weighted by Gasteiger charge is 2.35. The van der Waals surface area contributed by atoms with Crippen LogP contribution in [0.15, 0.2) is 18.2 Å². The third kappa shape index (κ3) is 6.94. The first kappa shape index (κ1) is 24.1. The molecule has 1 unspecified atom stereocenters. The second-order valence-corrected chi connectivity index (χ2v) is 9.11. The number of hydrogen-bond acceptors (Lipinski definition) is 7. The van der Waals surface area contributed by atoms with Crippen molar-refractivity contribution in [2.75, 3.05) is 10.2 Å². The van der Waals surface area contributed by atoms with Crippen LogP contribution in [0.4, 0.5) is 25.4 Å². The third-order valence-corrected chi connectivity index (χ3v) is 3.92. The molecule has 2 N–H and O–H groups in total. The summed E-state index contributed by atoms with van der Waals surface area (Å²) in [5, 5.41) is 5.10. The molecule has 0 saturated carbocycles. The van der Waals surface area contributed by atoms with Gasteiger partial charge in [-0.25, -0.2) is 14.0 Å². The van der Waals surface area contributed by atoms with Gasteiger partial charge in [0.2, 0.25) is 11.8 Å². The fraction of sp³-hybridized carbons (Fsp3) is 0.524. The Balaban J connectivity index is 2.39. The number of ether oxygens (including phenoxy) is 2. The summed E-state index contributed by atoms with van der Waals surface area (Å²) < 4.78 is 25.2. The molecule has 1 aliphatic rings. The molecule has 10 heteroatoms. The first-order valence-electron chi connectivity index (χ1n) is 9.82. The summed E-state index contributed by atoms with van der Waals surface area (Å²) in [6, 6.07) is 2.87. The number of benzene rings is 1. The highest BCUT2D eigenvalue weighted by Crippen LogP contribution is 2.28. The van der Waals surface area contributed by atoms with Crippen molar-refractivity contribution in [1.82, 2.24) is 5.32 Å². The molecule has 170 valence electrons. The van der Waals surface area contributed by atoms with E-state index in [9.17, 15) is 23.6 Å². The van der Waals surface area contributed by atoms with E-state index < -0.39 is 46.8 Å². The van der Waals surface area contributed by atoms with E-state index in [0.29, 0.717) is 4.90 Å². The number of nitrogens with zero attached hydrogens (tertiary/aromatic N) is 1. The molecule has 0 bridgehead atoms. The Morgan fingerprint density at radius 3 is 2.10 bits per heavy atom. The van der Waals surface area contributed by atoms with Crippen LogP contribution in [0, 0.1) is 5.82 Å². The average Bonchev–Trinajstić information content (AvgIpc) is 2.57. The fourth-order valence-corrected chi connectivity index (χ4v) is 2.69. The van der Waals surface area contributed by atoms with E-state index >= 15 is 0 Å². The topological polar surface area (TPSA) is 114 Å². The molecule has 1 aromatic carbocycles. The highest BCUT2D eigenvalue weighted by molar-refractivity contribution is 6.10. The van der Waals surface area contributed by atoms with Crippen molar-refractivity contribution in [2.45, 2.75) is 71.6 Å². The van der Waals surface area contributed by atoms with Crippen molar-refractivity contribution in [3.63, 3.8) is 0 Å². The Morgan fingerprint density at radius 1 is 1.06 bits per heavy atom. The summed E-state index contributed by atoms with van der Waals surface area (Å²) in [7, 11) is 0. The lowest BCUT2D eigenvalue weighted by Crippen LogP contribution is -2.47. The molecule has 1 heterocycles. The smallest absolute Gasteiger partial charge is 0.424 e. The summed E-state index contributed by atoms with van der Waals surface area (Å²) in [5.41, 5.74) is -2.03. The predicted octanol–water partition coefficient (Wildman–Crippen LogP) is 3.72. The zero-order valence-electron chi connectivity index (χ0n) is 18.5. The molecular formula is C21H28FN3O6. The fourth-order valence-electron chi connectivity index (χ4n) is 2.69. The monoisotopic (exact) mass is 437 g/mol. The Labute approximate surface area is 180 Å². The van der Waals surface area contributed by atoms with Crippen molar-refractivity contribution in [1.29, 1.82) is 0 Å². The van der Waals surface area contributed by atoms with Crippen LogP contribution in [-0.4, -0.2) is 41.2 Å². The minimum absolute atomic E-state index is 0.152. The van der Waals surface area contributed by atoms with Gasteiger partial charge in [-0.2, -0.15) is 4.90 Å². The predicted molar refractivity (Wildman–Crippen MR) is 111 cm³/mol. The third-order valence-electron chi connectivity index (χ3n) is 3.92. The number of halogens is 1. The van der Waals surface area contributed by atoms with Gasteiger partial charge in [0, 0.05) is 12.1 Å². The normalized spacial score (nSPS) is 16.9. The van der Waals surface area contributed by atoms with Gasteiger partial charge in [0.15, 0.2) is 0 Å². The standard InChI is InChI=1S/C21H28FN3O6/c1-20(2,3)30-18(28)25(19(29)31-21(4,5)6)15-11-12(7-8-13(15)22)23-14-9-10-16(26)24-17(14)27/h7-8,11,14,23H,9-10H2,1-6H3,(H,24,26,27). The van der Waals surface area contributed by atoms with E-state index in [4.69, 9.17) is 9.47 Å². The SMILES string of the molecule is CC(C)(C)OC(=O)N(C(=O)OC(C)(C)C)c1cc(NC2CCC(=O)NC2=O)ccc1F. The maximum absolute atomic E-state index is 14.7. The van der Waals surface area contributed by atoms with Gasteiger partial charge in [-0.15, -0.1) is 0 Å². The lowest BCUT2D eigenvalue weighted by Gasteiger charge is -2.29. The molecule has 1 aliphatic heterocycles. The van der Waals surface area contributed by atoms with Crippen molar-refractivity contribution < 1.29 is 33.0 Å². The summed E-state index contributed by atoms with van der Waals surface area (Å²) in [4.78, 5) is 49.3. The van der Waals surface area contributed by atoms with E-state index in [1.54, 1.807) is 41.5 Å². The Bertz CT molecular complexity index is 860.